The van der Waals surface area contributed by atoms with Gasteiger partial charge in [-0.1, -0.05) is 52.3 Å². The van der Waals surface area contributed by atoms with Crippen LogP contribution in [-0.2, 0) is 0 Å². The highest BCUT2D eigenvalue weighted by atomic mass is 79.9. The Morgan fingerprint density at radius 1 is 0.522 bits per heavy atom. The van der Waals surface area contributed by atoms with E-state index in [-0.39, 0.29) is 7.12 Å². The molecule has 0 unspecified atom stereocenters. The highest BCUT2D eigenvalue weighted by molar-refractivity contribution is 9.10. The van der Waals surface area contributed by atoms with Gasteiger partial charge in [-0.3, -0.25) is 0 Å². The maximum Gasteiger partial charge on any atom is 0.496 e. The van der Waals surface area contributed by atoms with E-state index in [0.717, 1.165) is 21.5 Å². The molecule has 0 aliphatic carbocycles. The molecule has 0 saturated heterocycles. The summed E-state index contributed by atoms with van der Waals surface area (Å²) in [4.78, 5) is 0. The first-order valence-electron chi connectivity index (χ1n) is 7.45. The standard InChI is InChI=1S/C18H17BBrN3/c20-15-11-13-18(14-12-15)23-19(21-16-7-3-1-4-8-16)22-17-9-5-2-6-10-17/h1-14,21-23H. The van der Waals surface area contributed by atoms with E-state index in [0.29, 0.717) is 0 Å². The van der Waals surface area contributed by atoms with Crippen molar-refractivity contribution in [2.45, 2.75) is 0 Å². The summed E-state index contributed by atoms with van der Waals surface area (Å²) in [5, 5.41) is 10.4. The summed E-state index contributed by atoms with van der Waals surface area (Å²) in [5.74, 6) is 0. The molecule has 0 atom stereocenters. The number of halogens is 1. The summed E-state index contributed by atoms with van der Waals surface area (Å²) >= 11 is 3.46. The Bertz CT molecular complexity index is 679. The summed E-state index contributed by atoms with van der Waals surface area (Å²) in [6, 6.07) is 28.4. The first kappa shape index (κ1) is 15.5. The smallest absolute Gasteiger partial charge is 0.390 e. The molecule has 23 heavy (non-hydrogen) atoms. The molecular weight excluding hydrogens is 349 g/mol. The van der Waals surface area contributed by atoms with Crippen molar-refractivity contribution in [3.8, 4) is 0 Å². The molecule has 0 aliphatic rings. The number of para-hydroxylation sites is 2. The average molecular weight is 366 g/mol. The van der Waals surface area contributed by atoms with E-state index in [1.165, 1.54) is 0 Å². The zero-order chi connectivity index (χ0) is 15.9. The maximum absolute atomic E-state index is 3.46. The molecule has 3 N–H and O–H groups in total. The van der Waals surface area contributed by atoms with Gasteiger partial charge >= 0.3 is 7.12 Å². The molecule has 114 valence electrons. The van der Waals surface area contributed by atoms with Crippen molar-refractivity contribution in [2.75, 3.05) is 15.7 Å². The van der Waals surface area contributed by atoms with Crippen molar-refractivity contribution in [3.63, 3.8) is 0 Å². The van der Waals surface area contributed by atoms with Crippen LogP contribution in [0.5, 0.6) is 0 Å². The highest BCUT2D eigenvalue weighted by Gasteiger charge is 2.16. The lowest BCUT2D eigenvalue weighted by Crippen LogP contribution is -2.42. The van der Waals surface area contributed by atoms with Gasteiger partial charge in [-0.05, 0) is 48.5 Å². The minimum atomic E-state index is -0.138. The third kappa shape index (κ3) is 4.79. The SMILES string of the molecule is Brc1ccc(NB(Nc2ccccc2)Nc2ccccc2)cc1. The van der Waals surface area contributed by atoms with E-state index in [4.69, 9.17) is 0 Å². The van der Waals surface area contributed by atoms with Crippen molar-refractivity contribution in [2.24, 2.45) is 0 Å². The largest absolute Gasteiger partial charge is 0.496 e. The Kier molecular flexibility index (Phi) is 5.22. The second kappa shape index (κ2) is 7.74. The van der Waals surface area contributed by atoms with E-state index < -0.39 is 0 Å². The zero-order valence-electron chi connectivity index (χ0n) is 12.5. The van der Waals surface area contributed by atoms with Gasteiger partial charge in [0, 0.05) is 21.5 Å². The number of nitrogens with one attached hydrogen (secondary N) is 3. The van der Waals surface area contributed by atoms with Crippen molar-refractivity contribution in [1.82, 2.24) is 0 Å². The van der Waals surface area contributed by atoms with Gasteiger partial charge in [0.25, 0.3) is 0 Å². The van der Waals surface area contributed by atoms with Gasteiger partial charge in [-0.15, -0.1) is 0 Å². The second-order valence-electron chi connectivity index (χ2n) is 5.10. The Balaban J connectivity index is 1.76. The molecule has 0 fully saturated rings. The summed E-state index contributed by atoms with van der Waals surface area (Å²) in [6.45, 7) is 0. The van der Waals surface area contributed by atoms with Gasteiger partial charge in [-0.2, -0.15) is 0 Å². The van der Waals surface area contributed by atoms with Gasteiger partial charge in [0.2, 0.25) is 0 Å². The molecule has 5 heteroatoms. The van der Waals surface area contributed by atoms with Gasteiger partial charge in [-0.25, -0.2) is 0 Å². The molecule has 0 spiro atoms. The Labute approximate surface area is 145 Å². The van der Waals surface area contributed by atoms with Crippen LogP contribution in [0.2, 0.25) is 0 Å². The monoisotopic (exact) mass is 365 g/mol. The molecular formula is C18H17BBrN3. The van der Waals surface area contributed by atoms with Crippen LogP contribution in [-0.4, -0.2) is 7.12 Å². The molecule has 0 aliphatic heterocycles. The van der Waals surface area contributed by atoms with Crippen LogP contribution in [0, 0.1) is 0 Å². The van der Waals surface area contributed by atoms with E-state index in [9.17, 15) is 0 Å². The minimum Gasteiger partial charge on any atom is -0.390 e. The van der Waals surface area contributed by atoms with E-state index in [1.54, 1.807) is 0 Å². The minimum absolute atomic E-state index is 0.138. The Hall–Kier alpha value is -2.40. The third-order valence-corrected chi connectivity index (χ3v) is 3.85. The lowest BCUT2D eigenvalue weighted by atomic mass is 9.91. The molecule has 0 amide bonds. The van der Waals surface area contributed by atoms with E-state index >= 15 is 0 Å². The topological polar surface area (TPSA) is 36.1 Å². The quantitative estimate of drug-likeness (QED) is 0.533. The number of hydrogen-bond acceptors (Lipinski definition) is 3. The molecule has 3 rings (SSSR count). The summed E-state index contributed by atoms with van der Waals surface area (Å²) in [7, 11) is -0.138. The first-order valence-corrected chi connectivity index (χ1v) is 8.24. The van der Waals surface area contributed by atoms with Crippen molar-refractivity contribution < 1.29 is 0 Å². The molecule has 0 saturated carbocycles. The van der Waals surface area contributed by atoms with Crippen molar-refractivity contribution >= 4 is 40.1 Å². The molecule has 0 bridgehead atoms. The van der Waals surface area contributed by atoms with Crippen LogP contribution >= 0.6 is 15.9 Å². The predicted molar refractivity (Wildman–Crippen MR) is 104 cm³/mol. The number of benzene rings is 3. The number of hydrogen-bond donors (Lipinski definition) is 3. The zero-order valence-corrected chi connectivity index (χ0v) is 14.1. The second-order valence-corrected chi connectivity index (χ2v) is 6.02. The van der Waals surface area contributed by atoms with E-state index in [2.05, 4.69) is 31.6 Å². The van der Waals surface area contributed by atoms with Crippen LogP contribution in [0.3, 0.4) is 0 Å². The summed E-state index contributed by atoms with van der Waals surface area (Å²) in [6.07, 6.45) is 0. The molecule has 0 radical (unpaired) electrons. The van der Waals surface area contributed by atoms with Crippen LogP contribution in [0.15, 0.2) is 89.4 Å². The highest BCUT2D eigenvalue weighted by Crippen LogP contribution is 2.16. The van der Waals surface area contributed by atoms with Crippen LogP contribution in [0.1, 0.15) is 0 Å². The van der Waals surface area contributed by atoms with Crippen LogP contribution < -0.4 is 15.7 Å². The fraction of sp³-hybridized carbons (Fsp3) is 0. The summed E-state index contributed by atoms with van der Waals surface area (Å²) < 4.78 is 1.06. The van der Waals surface area contributed by atoms with Gasteiger partial charge < -0.3 is 15.7 Å². The lowest BCUT2D eigenvalue weighted by molar-refractivity contribution is 1.55. The van der Waals surface area contributed by atoms with Crippen molar-refractivity contribution in [3.05, 3.63) is 89.4 Å². The third-order valence-electron chi connectivity index (χ3n) is 3.32. The first-order chi connectivity index (χ1) is 11.3. The fourth-order valence-corrected chi connectivity index (χ4v) is 2.49. The fourth-order valence-electron chi connectivity index (χ4n) is 2.22. The van der Waals surface area contributed by atoms with Crippen LogP contribution in [0.25, 0.3) is 0 Å². The molecule has 3 aromatic rings. The van der Waals surface area contributed by atoms with E-state index in [1.807, 2.05) is 84.9 Å². The van der Waals surface area contributed by atoms with Gasteiger partial charge in [0.05, 0.1) is 0 Å². The molecule has 3 aromatic carbocycles. The Morgan fingerprint density at radius 3 is 1.35 bits per heavy atom. The molecule has 3 nitrogen and oxygen atoms in total. The lowest BCUT2D eigenvalue weighted by Gasteiger charge is -2.20. The van der Waals surface area contributed by atoms with Crippen LogP contribution in [0.4, 0.5) is 17.1 Å². The Morgan fingerprint density at radius 2 is 0.913 bits per heavy atom. The van der Waals surface area contributed by atoms with Gasteiger partial charge in [0.15, 0.2) is 0 Å². The normalized spacial score (nSPS) is 9.96. The predicted octanol–water partition coefficient (Wildman–Crippen LogP) is 5.07. The molecule has 0 aromatic heterocycles. The summed E-state index contributed by atoms with van der Waals surface area (Å²) in [5.41, 5.74) is 3.13. The number of anilines is 3. The average Bonchev–Trinajstić information content (AvgIpc) is 2.59. The maximum atomic E-state index is 3.46. The van der Waals surface area contributed by atoms with Crippen molar-refractivity contribution in [1.29, 1.82) is 0 Å². The van der Waals surface area contributed by atoms with Gasteiger partial charge in [0.1, 0.15) is 0 Å². The molecule has 0 heterocycles. The number of rotatable bonds is 6.